The van der Waals surface area contributed by atoms with Gasteiger partial charge in [-0.15, -0.1) is 0 Å². The Morgan fingerprint density at radius 3 is 1.33 bits per heavy atom. The zero-order valence-corrected chi connectivity index (χ0v) is 38.3. The Kier molecular flexibility index (Phi) is 41.6. The van der Waals surface area contributed by atoms with E-state index >= 15 is 0 Å². The number of carbonyl (C=O) groups excluding carboxylic acids is 1. The average Bonchev–Trinajstić information content (AvgIpc) is 3.19. The molecule has 0 bridgehead atoms. The topological polar surface area (TPSA) is 124 Å². The Balaban J connectivity index is 4.00. The van der Waals surface area contributed by atoms with E-state index in [2.05, 4.69) is 67.8 Å². The molecule has 8 heteroatoms. The summed E-state index contributed by atoms with van der Waals surface area (Å²) in [5.74, 6) is -1.57. The van der Waals surface area contributed by atoms with Crippen molar-refractivity contribution in [2.24, 2.45) is 0 Å². The Labute approximate surface area is 358 Å². The first-order chi connectivity index (χ1) is 28.2. The third kappa shape index (κ3) is 42.1. The number of unbranched alkanes of at least 4 members (excludes halogenated alkanes) is 26. The molecular weight excluding hydrogens is 743 g/mol. The lowest BCUT2D eigenvalue weighted by atomic mass is 10.0. The third-order valence-electron chi connectivity index (χ3n) is 10.8. The average molecular weight is 834 g/mol. The van der Waals surface area contributed by atoms with E-state index in [1.54, 1.807) is 6.08 Å². The molecule has 0 aromatic rings. The lowest BCUT2D eigenvalue weighted by molar-refractivity contribution is -0.130. The van der Waals surface area contributed by atoms with Gasteiger partial charge in [-0.1, -0.05) is 216 Å². The summed E-state index contributed by atoms with van der Waals surface area (Å²) in [4.78, 5) is 12.6. The smallest absolute Gasteiger partial charge is 0.267 e. The minimum absolute atomic E-state index is 0.268. The van der Waals surface area contributed by atoms with Crippen LogP contribution in [0.3, 0.4) is 0 Å². The van der Waals surface area contributed by atoms with E-state index in [-0.39, 0.29) is 6.42 Å². The summed E-state index contributed by atoms with van der Waals surface area (Å²) in [5.41, 5.74) is 0. The van der Waals surface area contributed by atoms with E-state index in [4.69, 9.17) is 0 Å². The number of allylic oxidation sites excluding steroid dienone is 9. The fourth-order valence-corrected chi connectivity index (χ4v) is 7.85. The van der Waals surface area contributed by atoms with E-state index in [1.807, 2.05) is 0 Å². The predicted octanol–water partition coefficient (Wildman–Crippen LogP) is 13.8. The van der Waals surface area contributed by atoms with Crippen LogP contribution in [0.5, 0.6) is 0 Å². The molecule has 0 saturated heterocycles. The maximum absolute atomic E-state index is 12.6. The number of carbonyl (C=O) groups is 1. The van der Waals surface area contributed by atoms with Gasteiger partial charge in [0.15, 0.2) is 0 Å². The SMILES string of the molecule is CC/C=C\C/C=C\CCCCCCCCCCCCCCCC(O)C(=O)NC(CS(=O)(=O)O)C(O)/C=C/CC/C=C/CC/C=C/CCCCCCCCCCCCC. The molecule has 0 spiro atoms. The molecule has 1 amide bonds. The molecule has 0 aromatic carbocycles. The molecule has 4 N–H and O–H groups in total. The molecule has 0 aromatic heterocycles. The number of nitrogens with one attached hydrogen (secondary N) is 1. The minimum atomic E-state index is -4.46. The van der Waals surface area contributed by atoms with Crippen molar-refractivity contribution in [2.75, 3.05) is 5.75 Å². The maximum atomic E-state index is 12.6. The van der Waals surface area contributed by atoms with Gasteiger partial charge in [0.25, 0.3) is 10.1 Å². The van der Waals surface area contributed by atoms with Crippen LogP contribution in [0, 0.1) is 0 Å². The minimum Gasteiger partial charge on any atom is -0.387 e. The maximum Gasteiger partial charge on any atom is 0.267 e. The molecule has 338 valence electrons. The lowest BCUT2D eigenvalue weighted by Gasteiger charge is -2.22. The largest absolute Gasteiger partial charge is 0.387 e. The number of aliphatic hydroxyl groups excluding tert-OH is 2. The van der Waals surface area contributed by atoms with E-state index in [0.29, 0.717) is 12.8 Å². The van der Waals surface area contributed by atoms with Crippen molar-refractivity contribution in [1.82, 2.24) is 5.32 Å². The van der Waals surface area contributed by atoms with Crippen molar-refractivity contribution < 1.29 is 28.0 Å². The van der Waals surface area contributed by atoms with Gasteiger partial charge in [-0.3, -0.25) is 9.35 Å². The highest BCUT2D eigenvalue weighted by atomic mass is 32.2. The summed E-state index contributed by atoms with van der Waals surface area (Å²) >= 11 is 0. The summed E-state index contributed by atoms with van der Waals surface area (Å²) in [7, 11) is -4.46. The molecule has 0 saturated carbocycles. The van der Waals surface area contributed by atoms with Crippen LogP contribution < -0.4 is 5.32 Å². The summed E-state index contributed by atoms with van der Waals surface area (Å²) in [5, 5.41) is 23.5. The van der Waals surface area contributed by atoms with Crippen LogP contribution in [0.15, 0.2) is 60.8 Å². The Morgan fingerprint density at radius 1 is 0.500 bits per heavy atom. The molecule has 58 heavy (non-hydrogen) atoms. The first-order valence-electron chi connectivity index (χ1n) is 24.1. The first-order valence-corrected chi connectivity index (χ1v) is 25.7. The van der Waals surface area contributed by atoms with Crippen molar-refractivity contribution in [3.8, 4) is 0 Å². The number of aliphatic hydroxyl groups is 2. The zero-order chi connectivity index (χ0) is 42.6. The summed E-state index contributed by atoms with van der Waals surface area (Å²) < 4.78 is 32.7. The quantitative estimate of drug-likeness (QED) is 0.0276. The van der Waals surface area contributed by atoms with Gasteiger partial charge in [0.1, 0.15) is 6.10 Å². The van der Waals surface area contributed by atoms with Crippen LogP contribution in [0.25, 0.3) is 0 Å². The van der Waals surface area contributed by atoms with Gasteiger partial charge < -0.3 is 15.5 Å². The lowest BCUT2D eigenvalue weighted by Crippen LogP contribution is -2.50. The first kappa shape index (κ1) is 56.0. The number of rotatable bonds is 43. The highest BCUT2D eigenvalue weighted by molar-refractivity contribution is 7.85. The van der Waals surface area contributed by atoms with E-state index in [0.717, 1.165) is 57.8 Å². The second kappa shape index (κ2) is 43.1. The molecule has 7 nitrogen and oxygen atoms in total. The molecule has 3 unspecified atom stereocenters. The molecule has 0 heterocycles. The van der Waals surface area contributed by atoms with Crippen molar-refractivity contribution in [3.05, 3.63) is 60.8 Å². The van der Waals surface area contributed by atoms with Crippen LogP contribution in [0.4, 0.5) is 0 Å². The zero-order valence-electron chi connectivity index (χ0n) is 37.5. The van der Waals surface area contributed by atoms with Crippen LogP contribution in [-0.4, -0.2) is 53.1 Å². The molecule has 3 atom stereocenters. The van der Waals surface area contributed by atoms with Crippen LogP contribution in [0.2, 0.25) is 0 Å². The van der Waals surface area contributed by atoms with Crippen molar-refractivity contribution in [3.63, 3.8) is 0 Å². The van der Waals surface area contributed by atoms with Gasteiger partial charge >= 0.3 is 0 Å². The monoisotopic (exact) mass is 834 g/mol. The number of hydrogen-bond donors (Lipinski definition) is 4. The fourth-order valence-electron chi connectivity index (χ4n) is 7.11. The highest BCUT2D eigenvalue weighted by Crippen LogP contribution is 2.15. The van der Waals surface area contributed by atoms with Gasteiger partial charge in [-0.05, 0) is 70.6 Å². The van der Waals surface area contributed by atoms with Gasteiger partial charge in [0, 0.05) is 0 Å². The van der Waals surface area contributed by atoms with Crippen molar-refractivity contribution >= 4 is 16.0 Å². The van der Waals surface area contributed by atoms with Crippen LogP contribution in [-0.2, 0) is 14.9 Å². The second-order valence-corrected chi connectivity index (χ2v) is 18.0. The van der Waals surface area contributed by atoms with E-state index < -0.39 is 40.0 Å². The fraction of sp³-hybridized carbons (Fsp3) is 0.780. The highest BCUT2D eigenvalue weighted by Gasteiger charge is 2.27. The van der Waals surface area contributed by atoms with Crippen LogP contribution >= 0.6 is 0 Å². The van der Waals surface area contributed by atoms with Gasteiger partial charge in [-0.2, -0.15) is 8.42 Å². The second-order valence-electron chi connectivity index (χ2n) is 16.5. The summed E-state index contributed by atoms with van der Waals surface area (Å²) in [6.07, 6.45) is 57.1. The van der Waals surface area contributed by atoms with Crippen molar-refractivity contribution in [2.45, 2.75) is 244 Å². The van der Waals surface area contributed by atoms with E-state index in [9.17, 15) is 28.0 Å². The van der Waals surface area contributed by atoms with E-state index in [1.165, 1.54) is 141 Å². The normalized spacial score (nSPS) is 14.2. The molecule has 0 aliphatic carbocycles. The predicted molar refractivity (Wildman–Crippen MR) is 250 cm³/mol. The van der Waals surface area contributed by atoms with Crippen molar-refractivity contribution in [1.29, 1.82) is 0 Å². The molecule has 0 radical (unpaired) electrons. The molecular formula is C50H91NO6S. The van der Waals surface area contributed by atoms with Gasteiger partial charge in [0.05, 0.1) is 17.9 Å². The standard InChI is InChI=1S/C50H91NO6S/c1-3-5-7-9-11-13-15-17-19-21-23-25-27-28-30-32-34-36-38-40-42-44-48(52)47(46-58(55,56)57)51-50(54)49(53)45-43-41-39-37-35-33-31-29-26-24-22-20-18-16-14-12-10-8-6-4-2/h6,8,12,14,27-28,34,36,42,44,47-49,52-53H,3-5,7,9-11,13,15-26,29-33,35,37-41,43,45-46H2,1-2H3,(H,51,54)(H,55,56,57)/b8-6-,14-12-,28-27+,36-34+,44-42+. The van der Waals surface area contributed by atoms with Gasteiger partial charge in [0.2, 0.25) is 5.91 Å². The van der Waals surface area contributed by atoms with Crippen LogP contribution in [0.1, 0.15) is 226 Å². The Bertz CT molecular complexity index is 1160. The Hall–Kier alpha value is -2.00. The number of amides is 1. The molecule has 0 fully saturated rings. The summed E-state index contributed by atoms with van der Waals surface area (Å²) in [6.45, 7) is 4.43. The Morgan fingerprint density at radius 2 is 0.879 bits per heavy atom. The molecule has 0 aliphatic heterocycles. The summed E-state index contributed by atoms with van der Waals surface area (Å²) in [6, 6.07) is -1.26. The number of hydrogen-bond acceptors (Lipinski definition) is 5. The molecule has 0 aliphatic rings. The van der Waals surface area contributed by atoms with Gasteiger partial charge in [-0.25, -0.2) is 0 Å². The third-order valence-corrected chi connectivity index (χ3v) is 11.5. The molecule has 0 rings (SSSR count).